The van der Waals surface area contributed by atoms with Crippen molar-refractivity contribution in [3.8, 4) is 11.4 Å². The average Bonchev–Trinajstić information content (AvgIpc) is 3.26. The number of nitrogens with zero attached hydrogens (tertiary/aromatic N) is 3. The van der Waals surface area contributed by atoms with Crippen LogP contribution in [0.2, 0.25) is 0 Å². The minimum absolute atomic E-state index is 0.360. The summed E-state index contributed by atoms with van der Waals surface area (Å²) in [6, 6.07) is 24.8. The molecule has 0 aliphatic heterocycles. The molecule has 0 aliphatic rings. The third-order valence-corrected chi connectivity index (χ3v) is 5.41. The number of hydrogen-bond acceptors (Lipinski definition) is 4. The fourth-order valence-electron chi connectivity index (χ4n) is 3.93. The van der Waals surface area contributed by atoms with Crippen LogP contribution in [0, 0.1) is 5.82 Å². The van der Waals surface area contributed by atoms with Crippen LogP contribution in [0.5, 0.6) is 0 Å². The molecule has 6 aromatic rings. The molecule has 31 heavy (non-hydrogen) atoms. The van der Waals surface area contributed by atoms with Crippen molar-refractivity contribution in [3.05, 3.63) is 90.9 Å². The molecule has 6 heteroatoms. The van der Waals surface area contributed by atoms with E-state index in [1.54, 1.807) is 18.3 Å². The fourth-order valence-corrected chi connectivity index (χ4v) is 3.93. The largest absolute Gasteiger partial charge is 0.339 e. The zero-order chi connectivity index (χ0) is 20.8. The van der Waals surface area contributed by atoms with Crippen molar-refractivity contribution >= 4 is 44.1 Å². The molecule has 148 valence electrons. The Bertz CT molecular complexity index is 1580. The van der Waals surface area contributed by atoms with Crippen molar-refractivity contribution < 1.29 is 4.39 Å². The van der Waals surface area contributed by atoms with Crippen LogP contribution in [0.4, 0.5) is 15.9 Å². The van der Waals surface area contributed by atoms with Gasteiger partial charge in [0.2, 0.25) is 0 Å². The van der Waals surface area contributed by atoms with E-state index in [1.807, 2.05) is 48.5 Å². The predicted molar refractivity (Wildman–Crippen MR) is 122 cm³/mol. The number of halogens is 1. The molecule has 0 saturated heterocycles. The topological polar surface area (TPSA) is 66.5 Å². The maximum Gasteiger partial charge on any atom is 0.162 e. The molecule has 0 fully saturated rings. The maximum absolute atomic E-state index is 14.8. The van der Waals surface area contributed by atoms with Gasteiger partial charge in [0.25, 0.3) is 0 Å². The van der Waals surface area contributed by atoms with Crippen molar-refractivity contribution in [2.24, 2.45) is 0 Å². The normalized spacial score (nSPS) is 11.4. The van der Waals surface area contributed by atoms with Gasteiger partial charge >= 0.3 is 0 Å². The molecule has 0 atom stereocenters. The Labute approximate surface area is 176 Å². The van der Waals surface area contributed by atoms with Crippen LogP contribution in [0.15, 0.2) is 85.1 Å². The number of fused-ring (bicyclic) bond motifs is 3. The number of rotatable bonds is 3. The van der Waals surface area contributed by atoms with Gasteiger partial charge in [0, 0.05) is 16.6 Å². The molecule has 0 bridgehead atoms. The van der Waals surface area contributed by atoms with Gasteiger partial charge in [-0.15, -0.1) is 0 Å². The van der Waals surface area contributed by atoms with Gasteiger partial charge in [-0.1, -0.05) is 48.5 Å². The maximum atomic E-state index is 14.8. The molecule has 0 unspecified atom stereocenters. The summed E-state index contributed by atoms with van der Waals surface area (Å²) >= 11 is 0. The van der Waals surface area contributed by atoms with Gasteiger partial charge in [0.15, 0.2) is 5.82 Å². The Morgan fingerprint density at radius 2 is 1.68 bits per heavy atom. The Morgan fingerprint density at radius 3 is 2.65 bits per heavy atom. The van der Waals surface area contributed by atoms with Crippen LogP contribution in [0.3, 0.4) is 0 Å². The summed E-state index contributed by atoms with van der Waals surface area (Å²) in [5.41, 5.74) is 3.17. The second kappa shape index (κ2) is 6.88. The lowest BCUT2D eigenvalue weighted by molar-refractivity contribution is 0.639. The minimum atomic E-state index is -0.367. The highest BCUT2D eigenvalue weighted by atomic mass is 19.1. The molecular formula is C25H16FN5. The van der Waals surface area contributed by atoms with Gasteiger partial charge in [0.1, 0.15) is 11.6 Å². The quantitative estimate of drug-likeness (QED) is 0.367. The third kappa shape index (κ3) is 2.97. The highest BCUT2D eigenvalue weighted by molar-refractivity contribution is 5.98. The molecule has 6 rings (SSSR count). The van der Waals surface area contributed by atoms with Gasteiger partial charge in [0.05, 0.1) is 22.6 Å². The van der Waals surface area contributed by atoms with E-state index in [0.29, 0.717) is 22.5 Å². The first-order valence-electron chi connectivity index (χ1n) is 9.91. The van der Waals surface area contributed by atoms with Gasteiger partial charge < -0.3 is 5.32 Å². The van der Waals surface area contributed by atoms with Crippen LogP contribution in [-0.4, -0.2) is 20.2 Å². The first-order valence-corrected chi connectivity index (χ1v) is 9.91. The summed E-state index contributed by atoms with van der Waals surface area (Å²) in [7, 11) is 0. The van der Waals surface area contributed by atoms with Crippen LogP contribution in [-0.2, 0) is 0 Å². The summed E-state index contributed by atoms with van der Waals surface area (Å²) in [6.07, 6.45) is 1.75. The second-order valence-electron chi connectivity index (χ2n) is 7.35. The molecule has 0 spiro atoms. The third-order valence-electron chi connectivity index (χ3n) is 5.41. The number of aromatic nitrogens is 4. The van der Waals surface area contributed by atoms with Crippen molar-refractivity contribution in [1.82, 2.24) is 20.2 Å². The van der Waals surface area contributed by atoms with Crippen LogP contribution < -0.4 is 5.32 Å². The van der Waals surface area contributed by atoms with E-state index < -0.39 is 0 Å². The highest BCUT2D eigenvalue weighted by Gasteiger charge is 2.15. The SMILES string of the molecule is Fc1cccc2nc(-c3cccc4ccccc34)nc(Nc3ccc4[nH]ncc4c3)c12. The van der Waals surface area contributed by atoms with E-state index in [9.17, 15) is 4.39 Å². The Hall–Kier alpha value is -4.32. The molecule has 0 radical (unpaired) electrons. The monoisotopic (exact) mass is 405 g/mol. The van der Waals surface area contributed by atoms with E-state index in [1.165, 1.54) is 6.07 Å². The van der Waals surface area contributed by atoms with E-state index in [4.69, 9.17) is 9.97 Å². The molecular weight excluding hydrogens is 389 g/mol. The van der Waals surface area contributed by atoms with Crippen LogP contribution in [0.1, 0.15) is 0 Å². The highest BCUT2D eigenvalue weighted by Crippen LogP contribution is 2.32. The molecule has 0 aliphatic carbocycles. The molecule has 0 saturated carbocycles. The predicted octanol–water partition coefficient (Wildman–Crippen LogP) is 6.21. The zero-order valence-electron chi connectivity index (χ0n) is 16.3. The van der Waals surface area contributed by atoms with Crippen molar-refractivity contribution in [2.75, 3.05) is 5.32 Å². The Morgan fingerprint density at radius 1 is 0.806 bits per heavy atom. The first kappa shape index (κ1) is 17.5. The van der Waals surface area contributed by atoms with Crippen LogP contribution in [0.25, 0.3) is 44.0 Å². The van der Waals surface area contributed by atoms with Crippen LogP contribution >= 0.6 is 0 Å². The smallest absolute Gasteiger partial charge is 0.162 e. The first-order chi connectivity index (χ1) is 15.3. The lowest BCUT2D eigenvalue weighted by Crippen LogP contribution is -2.01. The average molecular weight is 405 g/mol. The van der Waals surface area contributed by atoms with Gasteiger partial charge in [-0.2, -0.15) is 5.10 Å². The summed E-state index contributed by atoms with van der Waals surface area (Å²) in [5.74, 6) is 0.601. The molecule has 5 nitrogen and oxygen atoms in total. The Kier molecular flexibility index (Phi) is 3.89. The lowest BCUT2D eigenvalue weighted by Gasteiger charge is -2.13. The zero-order valence-corrected chi connectivity index (χ0v) is 16.3. The fraction of sp³-hybridized carbons (Fsp3) is 0. The van der Waals surface area contributed by atoms with Gasteiger partial charge in [-0.25, -0.2) is 14.4 Å². The number of aromatic amines is 1. The molecule has 0 amide bonds. The molecule has 4 aromatic carbocycles. The van der Waals surface area contributed by atoms with Crippen molar-refractivity contribution in [3.63, 3.8) is 0 Å². The number of nitrogens with one attached hydrogen (secondary N) is 2. The summed E-state index contributed by atoms with van der Waals surface area (Å²) in [5, 5.41) is 13.8. The van der Waals surface area contributed by atoms with Crippen molar-refractivity contribution in [1.29, 1.82) is 0 Å². The summed E-state index contributed by atoms with van der Waals surface area (Å²) in [6.45, 7) is 0. The second-order valence-corrected chi connectivity index (χ2v) is 7.35. The summed E-state index contributed by atoms with van der Waals surface area (Å²) in [4.78, 5) is 9.45. The van der Waals surface area contributed by atoms with E-state index in [-0.39, 0.29) is 5.82 Å². The molecule has 2 aromatic heterocycles. The standard InChI is InChI=1S/C25H16FN5/c26-20-9-4-10-22-23(20)25(28-17-11-12-21-16(13-17)14-27-31-21)30-24(29-22)19-8-3-6-15-5-1-2-7-18(15)19/h1-14H,(H,27,31)(H,28,29,30). The number of hydrogen-bond donors (Lipinski definition) is 2. The van der Waals surface area contributed by atoms with Gasteiger partial charge in [-0.3, -0.25) is 5.10 Å². The lowest BCUT2D eigenvalue weighted by atomic mass is 10.0. The van der Waals surface area contributed by atoms with E-state index in [2.05, 4.69) is 27.6 Å². The van der Waals surface area contributed by atoms with Crippen molar-refractivity contribution in [2.45, 2.75) is 0 Å². The number of benzene rings is 4. The number of H-pyrrole nitrogens is 1. The van der Waals surface area contributed by atoms with E-state index >= 15 is 0 Å². The number of anilines is 2. The minimum Gasteiger partial charge on any atom is -0.339 e. The summed E-state index contributed by atoms with van der Waals surface area (Å²) < 4.78 is 14.8. The Balaban J connectivity index is 1.57. The molecule has 2 N–H and O–H groups in total. The van der Waals surface area contributed by atoms with E-state index in [0.717, 1.165) is 32.9 Å². The molecule has 2 heterocycles. The van der Waals surface area contributed by atoms with Gasteiger partial charge in [-0.05, 0) is 41.1 Å².